The molecule has 15 heavy (non-hydrogen) atoms. The van der Waals surface area contributed by atoms with Gasteiger partial charge in [0.05, 0.1) is 0 Å². The topological polar surface area (TPSA) is 20.3 Å². The van der Waals surface area contributed by atoms with Crippen LogP contribution in [0.4, 0.5) is 0 Å². The molecule has 0 aromatic rings. The van der Waals surface area contributed by atoms with E-state index in [1.165, 1.54) is 19.4 Å². The van der Waals surface area contributed by atoms with E-state index < -0.39 is 0 Å². The van der Waals surface area contributed by atoms with Crippen LogP contribution in [-0.4, -0.2) is 29.8 Å². The minimum Gasteiger partial charge on any atom is -0.300 e. The van der Waals surface area contributed by atoms with Gasteiger partial charge in [0.1, 0.15) is 5.78 Å². The fourth-order valence-corrected chi connectivity index (χ4v) is 1.99. The summed E-state index contributed by atoms with van der Waals surface area (Å²) < 4.78 is 0. The van der Waals surface area contributed by atoms with Gasteiger partial charge in [-0.1, -0.05) is 20.8 Å². The summed E-state index contributed by atoms with van der Waals surface area (Å²) in [6, 6.07) is 0.837. The first-order valence-electron chi connectivity index (χ1n) is 6.39. The number of hydrogen-bond donors (Lipinski definition) is 0. The van der Waals surface area contributed by atoms with E-state index in [0.717, 1.165) is 31.3 Å². The minimum atomic E-state index is 0.412. The molecule has 2 nitrogen and oxygen atoms in total. The molecule has 1 aliphatic rings. The monoisotopic (exact) mass is 211 g/mol. The molecular formula is C13H25NO. The zero-order valence-corrected chi connectivity index (χ0v) is 10.5. The fourth-order valence-electron chi connectivity index (χ4n) is 1.99. The van der Waals surface area contributed by atoms with Crippen LogP contribution < -0.4 is 0 Å². The molecule has 0 spiro atoms. The van der Waals surface area contributed by atoms with Crippen molar-refractivity contribution < 1.29 is 4.79 Å². The highest BCUT2D eigenvalue weighted by molar-refractivity contribution is 5.77. The molecule has 0 radical (unpaired) electrons. The van der Waals surface area contributed by atoms with E-state index in [1.807, 2.05) is 6.92 Å². The van der Waals surface area contributed by atoms with Gasteiger partial charge < -0.3 is 4.90 Å². The van der Waals surface area contributed by atoms with Gasteiger partial charge in [-0.15, -0.1) is 0 Å². The second-order valence-electron chi connectivity index (χ2n) is 5.12. The first-order valence-corrected chi connectivity index (χ1v) is 6.39. The molecule has 2 heteroatoms. The summed E-state index contributed by atoms with van der Waals surface area (Å²) in [6.07, 6.45) is 5.27. The predicted molar refractivity (Wildman–Crippen MR) is 64.0 cm³/mol. The molecule has 1 saturated carbocycles. The number of ketones is 1. The van der Waals surface area contributed by atoms with E-state index >= 15 is 0 Å². The average molecular weight is 211 g/mol. The molecule has 0 aliphatic heterocycles. The molecule has 0 atom stereocenters. The van der Waals surface area contributed by atoms with E-state index in [9.17, 15) is 4.79 Å². The predicted octanol–water partition coefficient (Wildman–Crippen LogP) is 2.87. The molecule has 0 bridgehead atoms. The maximum Gasteiger partial charge on any atom is 0.132 e. The normalized spacial score (nSPS) is 16.3. The third kappa shape index (κ3) is 5.31. The highest BCUT2D eigenvalue weighted by Gasteiger charge is 2.28. The number of rotatable bonds is 8. The number of Topliss-reactive ketones (excluding diaryl/α,β-unsaturated/α-hetero) is 1. The molecule has 1 fully saturated rings. The van der Waals surface area contributed by atoms with Crippen molar-refractivity contribution in [2.75, 3.05) is 13.1 Å². The Kier molecular flexibility index (Phi) is 5.30. The fraction of sp³-hybridized carbons (Fsp3) is 0.923. The van der Waals surface area contributed by atoms with Gasteiger partial charge in [-0.05, 0) is 31.7 Å². The highest BCUT2D eigenvalue weighted by Crippen LogP contribution is 2.27. The van der Waals surface area contributed by atoms with Crippen molar-refractivity contribution in [3.05, 3.63) is 0 Å². The minimum absolute atomic E-state index is 0.412. The Bertz CT molecular complexity index is 197. The molecule has 0 N–H and O–H groups in total. The van der Waals surface area contributed by atoms with Crippen LogP contribution in [0.1, 0.15) is 52.9 Å². The van der Waals surface area contributed by atoms with Crippen molar-refractivity contribution in [1.82, 2.24) is 4.90 Å². The van der Waals surface area contributed by atoms with Crippen LogP contribution in [0.5, 0.6) is 0 Å². The molecule has 0 saturated heterocycles. The lowest BCUT2D eigenvalue weighted by Gasteiger charge is -2.23. The van der Waals surface area contributed by atoms with Gasteiger partial charge in [0.2, 0.25) is 0 Å². The summed E-state index contributed by atoms with van der Waals surface area (Å²) in [7, 11) is 0. The average Bonchev–Trinajstić information content (AvgIpc) is 2.98. The highest BCUT2D eigenvalue weighted by atomic mass is 16.1. The summed E-state index contributed by atoms with van der Waals surface area (Å²) in [5.74, 6) is 1.16. The van der Waals surface area contributed by atoms with Gasteiger partial charge in [0.25, 0.3) is 0 Å². The third-order valence-corrected chi connectivity index (χ3v) is 2.96. The third-order valence-electron chi connectivity index (χ3n) is 2.96. The lowest BCUT2D eigenvalue weighted by molar-refractivity contribution is -0.118. The Morgan fingerprint density at radius 1 is 1.40 bits per heavy atom. The molecule has 88 valence electrons. The Morgan fingerprint density at radius 3 is 2.53 bits per heavy atom. The first-order chi connectivity index (χ1) is 7.13. The Labute approximate surface area is 94.0 Å². The van der Waals surface area contributed by atoms with Crippen molar-refractivity contribution in [2.45, 2.75) is 58.9 Å². The lowest BCUT2D eigenvalue weighted by Crippen LogP contribution is -2.31. The van der Waals surface area contributed by atoms with Crippen LogP contribution >= 0.6 is 0 Å². The van der Waals surface area contributed by atoms with Gasteiger partial charge in [-0.2, -0.15) is 0 Å². The van der Waals surface area contributed by atoms with E-state index in [-0.39, 0.29) is 0 Å². The largest absolute Gasteiger partial charge is 0.300 e. The van der Waals surface area contributed by atoms with Crippen LogP contribution in [0.25, 0.3) is 0 Å². The first kappa shape index (κ1) is 12.7. The number of carbonyl (C=O) groups excluding carboxylic acids is 1. The SMILES string of the molecule is CCC(=O)CCCN(CC(C)C)C1CC1. The molecule has 1 rings (SSSR count). The summed E-state index contributed by atoms with van der Waals surface area (Å²) >= 11 is 0. The van der Waals surface area contributed by atoms with Crippen molar-refractivity contribution in [1.29, 1.82) is 0 Å². The molecule has 0 unspecified atom stereocenters. The summed E-state index contributed by atoms with van der Waals surface area (Å²) in [4.78, 5) is 13.8. The van der Waals surface area contributed by atoms with Crippen LogP contribution in [0.3, 0.4) is 0 Å². The van der Waals surface area contributed by atoms with Crippen LogP contribution in [0.2, 0.25) is 0 Å². The molecule has 0 aromatic carbocycles. The number of nitrogens with zero attached hydrogens (tertiary/aromatic N) is 1. The van der Waals surface area contributed by atoms with E-state index in [1.54, 1.807) is 0 Å². The van der Waals surface area contributed by atoms with Crippen molar-refractivity contribution >= 4 is 5.78 Å². The lowest BCUT2D eigenvalue weighted by atomic mass is 10.1. The number of hydrogen-bond acceptors (Lipinski definition) is 2. The van der Waals surface area contributed by atoms with E-state index in [4.69, 9.17) is 0 Å². The second-order valence-corrected chi connectivity index (χ2v) is 5.12. The molecular weight excluding hydrogens is 186 g/mol. The van der Waals surface area contributed by atoms with Crippen LogP contribution in [-0.2, 0) is 4.79 Å². The Balaban J connectivity index is 2.17. The standard InChI is InChI=1S/C13H25NO/c1-4-13(15)6-5-9-14(10-11(2)3)12-7-8-12/h11-12H,4-10H2,1-3H3. The Morgan fingerprint density at radius 2 is 2.07 bits per heavy atom. The zero-order valence-electron chi connectivity index (χ0n) is 10.5. The summed E-state index contributed by atoms with van der Waals surface area (Å²) in [5.41, 5.74) is 0. The van der Waals surface area contributed by atoms with Gasteiger partial charge in [0, 0.05) is 25.4 Å². The maximum absolute atomic E-state index is 11.2. The zero-order chi connectivity index (χ0) is 11.3. The Hall–Kier alpha value is -0.370. The van der Waals surface area contributed by atoms with Gasteiger partial charge >= 0.3 is 0 Å². The quantitative estimate of drug-likeness (QED) is 0.615. The van der Waals surface area contributed by atoms with Crippen molar-refractivity contribution in [3.63, 3.8) is 0 Å². The number of carbonyl (C=O) groups is 1. The summed E-state index contributed by atoms with van der Waals surface area (Å²) in [5, 5.41) is 0. The van der Waals surface area contributed by atoms with E-state index in [2.05, 4.69) is 18.7 Å². The van der Waals surface area contributed by atoms with Gasteiger partial charge in [-0.3, -0.25) is 4.79 Å². The van der Waals surface area contributed by atoms with Gasteiger partial charge in [-0.25, -0.2) is 0 Å². The summed E-state index contributed by atoms with van der Waals surface area (Å²) in [6.45, 7) is 8.81. The maximum atomic E-state index is 11.2. The van der Waals surface area contributed by atoms with Crippen molar-refractivity contribution in [3.8, 4) is 0 Å². The molecule has 0 aromatic heterocycles. The van der Waals surface area contributed by atoms with Crippen LogP contribution in [0, 0.1) is 5.92 Å². The second kappa shape index (κ2) is 6.26. The smallest absolute Gasteiger partial charge is 0.132 e. The van der Waals surface area contributed by atoms with Gasteiger partial charge in [0.15, 0.2) is 0 Å². The molecule has 1 aliphatic carbocycles. The molecule has 0 amide bonds. The van der Waals surface area contributed by atoms with Crippen molar-refractivity contribution in [2.24, 2.45) is 5.92 Å². The molecule has 0 heterocycles. The van der Waals surface area contributed by atoms with Crippen LogP contribution in [0.15, 0.2) is 0 Å². The van der Waals surface area contributed by atoms with E-state index in [0.29, 0.717) is 12.2 Å².